The standard InChI is InChI=1S/C15H21N7O2/c1-20-9-16-14(18-20)15(23)22-5-11(8-24-7-10-3-4-10)13-12(6-22)17-19-21(13)2/h9-11H,3-8H2,1-2H3. The second-order valence-corrected chi connectivity index (χ2v) is 6.65. The third-order valence-electron chi connectivity index (χ3n) is 4.56. The molecule has 1 atom stereocenters. The van der Waals surface area contributed by atoms with Crippen LogP contribution in [0.4, 0.5) is 0 Å². The maximum absolute atomic E-state index is 12.7. The number of carbonyl (C=O) groups is 1. The molecular weight excluding hydrogens is 310 g/mol. The summed E-state index contributed by atoms with van der Waals surface area (Å²) in [4.78, 5) is 18.5. The topological polar surface area (TPSA) is 91.0 Å². The minimum absolute atomic E-state index is 0.0696. The molecule has 0 spiro atoms. The molecule has 2 aromatic rings. The first-order chi connectivity index (χ1) is 11.6. The van der Waals surface area contributed by atoms with Crippen LogP contribution in [0.5, 0.6) is 0 Å². The smallest absolute Gasteiger partial charge is 0.293 e. The van der Waals surface area contributed by atoms with Gasteiger partial charge >= 0.3 is 0 Å². The van der Waals surface area contributed by atoms with Gasteiger partial charge in [-0.2, -0.15) is 0 Å². The van der Waals surface area contributed by atoms with Crippen molar-refractivity contribution in [3.05, 3.63) is 23.5 Å². The van der Waals surface area contributed by atoms with Gasteiger partial charge in [-0.1, -0.05) is 5.21 Å². The molecule has 4 rings (SSSR count). The number of amides is 1. The van der Waals surface area contributed by atoms with Crippen molar-refractivity contribution in [2.24, 2.45) is 20.0 Å². The van der Waals surface area contributed by atoms with Crippen molar-refractivity contribution in [2.75, 3.05) is 19.8 Å². The summed E-state index contributed by atoms with van der Waals surface area (Å²) in [6, 6.07) is 0. The molecule has 0 bridgehead atoms. The lowest BCUT2D eigenvalue weighted by atomic mass is 9.99. The normalized spacial score (nSPS) is 20.2. The zero-order chi connectivity index (χ0) is 16.7. The fraction of sp³-hybridized carbons (Fsp3) is 0.667. The average Bonchev–Trinajstić information content (AvgIpc) is 3.17. The zero-order valence-corrected chi connectivity index (χ0v) is 13.9. The molecule has 2 aliphatic rings. The Balaban J connectivity index is 1.51. The highest BCUT2D eigenvalue weighted by Crippen LogP contribution is 2.31. The van der Waals surface area contributed by atoms with Crippen LogP contribution >= 0.6 is 0 Å². The van der Waals surface area contributed by atoms with Crippen LogP contribution in [0.25, 0.3) is 0 Å². The molecule has 0 N–H and O–H groups in total. The van der Waals surface area contributed by atoms with E-state index < -0.39 is 0 Å². The lowest BCUT2D eigenvalue weighted by molar-refractivity contribution is 0.0607. The Morgan fingerprint density at radius 1 is 1.33 bits per heavy atom. The van der Waals surface area contributed by atoms with Gasteiger partial charge < -0.3 is 9.64 Å². The molecule has 0 saturated heterocycles. The van der Waals surface area contributed by atoms with E-state index in [1.165, 1.54) is 23.9 Å². The Morgan fingerprint density at radius 3 is 2.88 bits per heavy atom. The van der Waals surface area contributed by atoms with Gasteiger partial charge in [-0.15, -0.1) is 10.2 Å². The van der Waals surface area contributed by atoms with Gasteiger partial charge in [0.05, 0.1) is 18.8 Å². The first kappa shape index (κ1) is 15.3. The molecule has 2 aromatic heterocycles. The quantitative estimate of drug-likeness (QED) is 0.772. The van der Waals surface area contributed by atoms with E-state index in [0.29, 0.717) is 25.6 Å². The van der Waals surface area contributed by atoms with Gasteiger partial charge in [0.15, 0.2) is 0 Å². The van der Waals surface area contributed by atoms with E-state index in [-0.39, 0.29) is 17.6 Å². The summed E-state index contributed by atoms with van der Waals surface area (Å²) < 4.78 is 9.20. The van der Waals surface area contributed by atoms with Crippen molar-refractivity contribution in [3.63, 3.8) is 0 Å². The lowest BCUT2D eigenvalue weighted by Crippen LogP contribution is -2.40. The van der Waals surface area contributed by atoms with Gasteiger partial charge in [0.1, 0.15) is 12.0 Å². The number of aryl methyl sites for hydroxylation is 2. The Hall–Kier alpha value is -2.29. The number of hydrogen-bond acceptors (Lipinski definition) is 6. The monoisotopic (exact) mass is 331 g/mol. The Kier molecular flexibility index (Phi) is 3.79. The highest BCUT2D eigenvalue weighted by Gasteiger charge is 2.34. The van der Waals surface area contributed by atoms with Crippen molar-refractivity contribution in [1.29, 1.82) is 0 Å². The van der Waals surface area contributed by atoms with Gasteiger partial charge in [0, 0.05) is 33.2 Å². The summed E-state index contributed by atoms with van der Waals surface area (Å²) in [6.45, 7) is 2.37. The molecule has 128 valence electrons. The SMILES string of the molecule is Cn1cnc(C(=O)N2Cc3nnn(C)c3C(COCC3CC3)C2)n1. The molecule has 1 fully saturated rings. The maximum Gasteiger partial charge on any atom is 0.293 e. The highest BCUT2D eigenvalue weighted by atomic mass is 16.5. The summed E-state index contributed by atoms with van der Waals surface area (Å²) in [5.41, 5.74) is 1.89. The molecule has 1 unspecified atom stereocenters. The predicted molar refractivity (Wildman–Crippen MR) is 83.0 cm³/mol. The first-order valence-corrected chi connectivity index (χ1v) is 8.23. The van der Waals surface area contributed by atoms with Gasteiger partial charge in [-0.25, -0.2) is 4.98 Å². The lowest BCUT2D eigenvalue weighted by Gasteiger charge is -2.31. The van der Waals surface area contributed by atoms with E-state index in [4.69, 9.17) is 4.74 Å². The molecule has 1 saturated carbocycles. The molecule has 0 aromatic carbocycles. The van der Waals surface area contributed by atoms with E-state index in [1.54, 1.807) is 16.6 Å². The summed E-state index contributed by atoms with van der Waals surface area (Å²) in [6.07, 6.45) is 4.06. The molecule has 3 heterocycles. The summed E-state index contributed by atoms with van der Waals surface area (Å²) in [5.74, 6) is 0.815. The van der Waals surface area contributed by atoms with Crippen LogP contribution in [0, 0.1) is 5.92 Å². The number of aromatic nitrogens is 6. The Bertz CT molecular complexity index is 749. The second-order valence-electron chi connectivity index (χ2n) is 6.65. The fourth-order valence-electron chi connectivity index (χ4n) is 3.14. The van der Waals surface area contributed by atoms with E-state index in [9.17, 15) is 4.79 Å². The largest absolute Gasteiger partial charge is 0.380 e. The van der Waals surface area contributed by atoms with Crippen molar-refractivity contribution < 1.29 is 9.53 Å². The van der Waals surface area contributed by atoms with Gasteiger partial charge in [0.25, 0.3) is 5.91 Å². The molecule has 1 aliphatic carbocycles. The molecule has 0 radical (unpaired) electrons. The number of ether oxygens (including phenoxy) is 1. The van der Waals surface area contributed by atoms with Crippen LogP contribution < -0.4 is 0 Å². The third-order valence-corrected chi connectivity index (χ3v) is 4.56. The number of nitrogens with zero attached hydrogens (tertiary/aromatic N) is 7. The van der Waals surface area contributed by atoms with Crippen LogP contribution in [0.3, 0.4) is 0 Å². The highest BCUT2D eigenvalue weighted by molar-refractivity contribution is 5.90. The van der Waals surface area contributed by atoms with Crippen molar-refractivity contribution in [3.8, 4) is 0 Å². The summed E-state index contributed by atoms with van der Waals surface area (Å²) >= 11 is 0. The van der Waals surface area contributed by atoms with Crippen molar-refractivity contribution in [2.45, 2.75) is 25.3 Å². The number of hydrogen-bond donors (Lipinski definition) is 0. The van der Waals surface area contributed by atoms with E-state index in [2.05, 4.69) is 20.4 Å². The predicted octanol–water partition coefficient (Wildman–Crippen LogP) is 0.110. The number of carbonyl (C=O) groups excluding carboxylic acids is 1. The minimum atomic E-state index is -0.181. The van der Waals surface area contributed by atoms with Crippen LogP contribution in [0.15, 0.2) is 6.33 Å². The van der Waals surface area contributed by atoms with E-state index >= 15 is 0 Å². The van der Waals surface area contributed by atoms with Gasteiger partial charge in [-0.3, -0.25) is 14.2 Å². The molecule has 1 aliphatic heterocycles. The second kappa shape index (κ2) is 5.97. The van der Waals surface area contributed by atoms with Gasteiger partial charge in [-0.05, 0) is 18.8 Å². The fourth-order valence-corrected chi connectivity index (χ4v) is 3.14. The van der Waals surface area contributed by atoms with Crippen LogP contribution in [0.2, 0.25) is 0 Å². The van der Waals surface area contributed by atoms with Crippen LogP contribution in [0.1, 0.15) is 40.8 Å². The summed E-state index contributed by atoms with van der Waals surface area (Å²) in [7, 11) is 3.63. The van der Waals surface area contributed by atoms with Gasteiger partial charge in [0.2, 0.25) is 5.82 Å². The Morgan fingerprint density at radius 2 is 2.17 bits per heavy atom. The Labute approximate surface area is 139 Å². The molecule has 9 nitrogen and oxygen atoms in total. The average molecular weight is 331 g/mol. The molecule has 9 heteroatoms. The van der Waals surface area contributed by atoms with E-state index in [0.717, 1.165) is 18.0 Å². The molecule has 1 amide bonds. The molecular formula is C15H21N7O2. The van der Waals surface area contributed by atoms with Crippen LogP contribution in [-0.4, -0.2) is 60.3 Å². The maximum atomic E-state index is 12.7. The number of fused-ring (bicyclic) bond motifs is 1. The summed E-state index contributed by atoms with van der Waals surface area (Å²) in [5, 5.41) is 12.4. The van der Waals surface area contributed by atoms with Crippen molar-refractivity contribution in [1.82, 2.24) is 34.7 Å². The van der Waals surface area contributed by atoms with Crippen LogP contribution in [-0.2, 0) is 25.4 Å². The van der Waals surface area contributed by atoms with Crippen molar-refractivity contribution >= 4 is 5.91 Å². The first-order valence-electron chi connectivity index (χ1n) is 8.23. The zero-order valence-electron chi connectivity index (χ0n) is 13.9. The molecule has 24 heavy (non-hydrogen) atoms. The third kappa shape index (κ3) is 2.91. The minimum Gasteiger partial charge on any atom is -0.380 e. The number of rotatable bonds is 5. The van der Waals surface area contributed by atoms with E-state index in [1.807, 2.05) is 7.05 Å².